The van der Waals surface area contributed by atoms with Crippen LogP contribution in [0.5, 0.6) is 0 Å². The first kappa shape index (κ1) is 14.7. The van der Waals surface area contributed by atoms with Crippen LogP contribution < -0.4 is 5.46 Å². The van der Waals surface area contributed by atoms with E-state index in [9.17, 15) is 0 Å². The van der Waals surface area contributed by atoms with Gasteiger partial charge < -0.3 is 8.98 Å². The van der Waals surface area contributed by atoms with E-state index in [1.165, 1.54) is 38.3 Å². The van der Waals surface area contributed by atoms with E-state index in [-0.39, 0.29) is 0 Å². The van der Waals surface area contributed by atoms with Crippen LogP contribution in [0, 0.1) is 0 Å². The van der Waals surface area contributed by atoms with Gasteiger partial charge in [0.2, 0.25) is 0 Å². The molecule has 0 spiro atoms. The molecule has 6 rings (SSSR count). The van der Waals surface area contributed by atoms with E-state index in [1.54, 1.807) is 0 Å². The van der Waals surface area contributed by atoms with Gasteiger partial charge in [-0.1, -0.05) is 54.6 Å². The Bertz CT molecular complexity index is 1440. The van der Waals surface area contributed by atoms with E-state index in [4.69, 9.17) is 4.42 Å². The maximum absolute atomic E-state index is 6.12. The van der Waals surface area contributed by atoms with Gasteiger partial charge in [-0.15, -0.1) is 0 Å². The molecule has 0 aliphatic carbocycles. The third-order valence-electron chi connectivity index (χ3n) is 5.49. The average molecular weight is 345 g/mol. The molecule has 2 aromatic heterocycles. The zero-order valence-electron chi connectivity index (χ0n) is 14.9. The van der Waals surface area contributed by atoms with E-state index in [2.05, 4.69) is 85.2 Å². The van der Waals surface area contributed by atoms with Crippen LogP contribution in [0.3, 0.4) is 0 Å². The van der Waals surface area contributed by atoms with E-state index < -0.39 is 0 Å². The van der Waals surface area contributed by atoms with Gasteiger partial charge in [0.15, 0.2) is 0 Å². The van der Waals surface area contributed by atoms with Crippen molar-refractivity contribution in [2.24, 2.45) is 0 Å². The van der Waals surface area contributed by atoms with Gasteiger partial charge in [-0.25, -0.2) is 0 Å². The lowest BCUT2D eigenvalue weighted by molar-refractivity contribution is 0.671. The predicted molar refractivity (Wildman–Crippen MR) is 116 cm³/mol. The minimum atomic E-state index is 0.940. The summed E-state index contributed by atoms with van der Waals surface area (Å²) in [7, 11) is 2.13. The maximum Gasteiger partial charge on any atom is 0.144 e. The van der Waals surface area contributed by atoms with Crippen molar-refractivity contribution in [3.63, 3.8) is 0 Å². The third-order valence-corrected chi connectivity index (χ3v) is 5.49. The quantitative estimate of drug-likeness (QED) is 0.386. The van der Waals surface area contributed by atoms with Crippen molar-refractivity contribution in [2.45, 2.75) is 0 Å². The molecule has 0 atom stereocenters. The largest absolute Gasteiger partial charge is 0.457 e. The number of benzene rings is 4. The molecule has 0 aliphatic rings. The summed E-state index contributed by atoms with van der Waals surface area (Å²) in [4.78, 5) is 0. The molecule has 0 radical (unpaired) electrons. The number of aromatic nitrogens is 1. The maximum atomic E-state index is 6.12. The molecule has 0 saturated heterocycles. The Hall–Kier alpha value is -3.46. The van der Waals surface area contributed by atoms with Crippen molar-refractivity contribution < 1.29 is 4.42 Å². The molecule has 6 aromatic rings. The lowest BCUT2D eigenvalue weighted by Crippen LogP contribution is -2.06. The molecule has 0 amide bonds. The highest BCUT2D eigenvalue weighted by Crippen LogP contribution is 2.34. The van der Waals surface area contributed by atoms with Gasteiger partial charge in [0, 0.05) is 27.2 Å². The highest BCUT2D eigenvalue weighted by molar-refractivity contribution is 6.39. The molecule has 0 aliphatic heterocycles. The van der Waals surface area contributed by atoms with Gasteiger partial charge in [-0.2, -0.15) is 0 Å². The summed E-state index contributed by atoms with van der Waals surface area (Å²) < 4.78 is 8.48. The zero-order valence-corrected chi connectivity index (χ0v) is 14.9. The highest BCUT2D eigenvalue weighted by atomic mass is 16.3. The second kappa shape index (κ2) is 5.27. The first-order valence-corrected chi connectivity index (χ1v) is 9.22. The fourth-order valence-corrected chi connectivity index (χ4v) is 4.31. The Labute approximate surface area is 157 Å². The Morgan fingerprint density at radius 1 is 0.630 bits per heavy atom. The Kier molecular flexibility index (Phi) is 2.87. The fourth-order valence-electron chi connectivity index (χ4n) is 4.31. The second-order valence-corrected chi connectivity index (χ2v) is 7.11. The molecule has 0 fully saturated rings. The number of nitrogens with zero attached hydrogens (tertiary/aromatic N) is 1. The average Bonchev–Trinajstić information content (AvgIpc) is 3.24. The topological polar surface area (TPSA) is 18.1 Å². The summed E-state index contributed by atoms with van der Waals surface area (Å²) in [5, 5.41) is 4.89. The molecular formula is C24H16BNO. The summed E-state index contributed by atoms with van der Waals surface area (Å²) in [5.41, 5.74) is 6.69. The van der Waals surface area contributed by atoms with Crippen LogP contribution in [0.15, 0.2) is 89.3 Å². The van der Waals surface area contributed by atoms with Gasteiger partial charge in [-0.05, 0) is 35.8 Å². The smallest absolute Gasteiger partial charge is 0.144 e. The number of hydrogen-bond donors (Lipinski definition) is 0. The summed E-state index contributed by atoms with van der Waals surface area (Å²) in [6, 6.07) is 30.0. The number of hydrogen-bond acceptors (Lipinski definition) is 1. The van der Waals surface area contributed by atoms with Gasteiger partial charge in [-0.3, -0.25) is 0 Å². The molecule has 0 unspecified atom stereocenters. The number of fused-ring (bicyclic) bond motifs is 6. The first-order valence-electron chi connectivity index (χ1n) is 9.22. The molecule has 3 heteroatoms. The van der Waals surface area contributed by atoms with Gasteiger partial charge in [0.05, 0.1) is 11.0 Å². The molecule has 126 valence electrons. The molecule has 2 heterocycles. The molecule has 2 nitrogen and oxygen atoms in total. The SMILES string of the molecule is Bc1cc(-n2c3ccccc3c3ccccc32)cc2c1oc1ccccc12. The van der Waals surface area contributed by atoms with Crippen LogP contribution in [0.1, 0.15) is 0 Å². The van der Waals surface area contributed by atoms with E-state index >= 15 is 0 Å². The predicted octanol–water partition coefficient (Wildman–Crippen LogP) is 4.94. The lowest BCUT2D eigenvalue weighted by Gasteiger charge is -2.09. The minimum Gasteiger partial charge on any atom is -0.457 e. The van der Waals surface area contributed by atoms with Gasteiger partial charge >= 0.3 is 0 Å². The normalized spacial score (nSPS) is 11.9. The first-order chi connectivity index (χ1) is 13.3. The van der Waals surface area contributed by atoms with Crippen molar-refractivity contribution in [1.82, 2.24) is 4.57 Å². The van der Waals surface area contributed by atoms with Crippen molar-refractivity contribution in [2.75, 3.05) is 0 Å². The van der Waals surface area contributed by atoms with Gasteiger partial charge in [0.1, 0.15) is 19.0 Å². The van der Waals surface area contributed by atoms with Crippen molar-refractivity contribution >= 4 is 57.1 Å². The Morgan fingerprint density at radius 2 is 1.22 bits per heavy atom. The van der Waals surface area contributed by atoms with Crippen molar-refractivity contribution in [3.05, 3.63) is 84.9 Å². The van der Waals surface area contributed by atoms with E-state index in [1.807, 2.05) is 12.1 Å². The summed E-state index contributed by atoms with van der Waals surface area (Å²) in [5.74, 6) is 0. The molecule has 4 aromatic carbocycles. The summed E-state index contributed by atoms with van der Waals surface area (Å²) >= 11 is 0. The standard InChI is InChI=1S/C24H16BNO/c25-20-14-15(13-19-18-9-3-6-12-23(18)27-24(19)20)26-21-10-4-1-7-16(21)17-8-2-5-11-22(17)26/h1-14H,25H2. The summed E-state index contributed by atoms with van der Waals surface area (Å²) in [6.45, 7) is 0. The van der Waals surface area contributed by atoms with Crippen LogP contribution in [0.2, 0.25) is 0 Å². The number of furan rings is 1. The number of para-hydroxylation sites is 3. The summed E-state index contributed by atoms with van der Waals surface area (Å²) in [6.07, 6.45) is 0. The van der Waals surface area contributed by atoms with Crippen LogP contribution >= 0.6 is 0 Å². The fraction of sp³-hybridized carbons (Fsp3) is 0. The minimum absolute atomic E-state index is 0.940. The monoisotopic (exact) mass is 345 g/mol. The Balaban J connectivity index is 1.79. The van der Waals surface area contributed by atoms with E-state index in [0.29, 0.717) is 0 Å². The second-order valence-electron chi connectivity index (χ2n) is 7.11. The lowest BCUT2D eigenvalue weighted by atomic mass is 9.93. The molecular weight excluding hydrogens is 329 g/mol. The van der Waals surface area contributed by atoms with Gasteiger partial charge in [0.25, 0.3) is 0 Å². The zero-order chi connectivity index (χ0) is 18.0. The van der Waals surface area contributed by atoms with Crippen LogP contribution in [-0.2, 0) is 0 Å². The third kappa shape index (κ3) is 1.97. The molecule has 0 bridgehead atoms. The van der Waals surface area contributed by atoms with Crippen LogP contribution in [0.4, 0.5) is 0 Å². The Morgan fingerprint density at radius 3 is 1.93 bits per heavy atom. The molecule has 0 N–H and O–H groups in total. The van der Waals surface area contributed by atoms with Crippen LogP contribution in [0.25, 0.3) is 49.4 Å². The van der Waals surface area contributed by atoms with Crippen molar-refractivity contribution in [3.8, 4) is 5.69 Å². The molecule has 27 heavy (non-hydrogen) atoms. The number of rotatable bonds is 1. The van der Waals surface area contributed by atoms with E-state index in [0.717, 1.165) is 16.6 Å². The molecule has 0 saturated carbocycles. The highest BCUT2D eigenvalue weighted by Gasteiger charge is 2.15. The van der Waals surface area contributed by atoms with Crippen molar-refractivity contribution in [1.29, 1.82) is 0 Å². The van der Waals surface area contributed by atoms with Crippen LogP contribution in [-0.4, -0.2) is 12.4 Å².